The highest BCUT2D eigenvalue weighted by atomic mass is 35.5. The fraction of sp³-hybridized carbons (Fsp3) is 0.385. The molecule has 1 fully saturated rings. The van der Waals surface area contributed by atoms with Crippen LogP contribution in [0.15, 0.2) is 17.7 Å². The highest BCUT2D eigenvalue weighted by Gasteiger charge is 2.19. The minimum Gasteiger partial charge on any atom is -0.393 e. The van der Waals surface area contributed by atoms with E-state index in [4.69, 9.17) is 11.6 Å². The van der Waals surface area contributed by atoms with Gasteiger partial charge in [-0.3, -0.25) is 9.20 Å². The molecule has 3 heterocycles. The molecule has 0 radical (unpaired) electrons. The zero-order valence-electron chi connectivity index (χ0n) is 10.7. The lowest BCUT2D eigenvalue weighted by molar-refractivity contribution is -0.127. The van der Waals surface area contributed by atoms with E-state index in [1.807, 2.05) is 16.0 Å². The average molecular weight is 312 g/mol. The van der Waals surface area contributed by atoms with E-state index in [0.717, 1.165) is 4.96 Å². The molecule has 1 aliphatic rings. The van der Waals surface area contributed by atoms with E-state index in [2.05, 4.69) is 4.98 Å². The number of thiazole rings is 1. The molecule has 0 spiro atoms. The summed E-state index contributed by atoms with van der Waals surface area (Å²) in [4.78, 5) is 18.8. The van der Waals surface area contributed by atoms with Crippen LogP contribution in [0, 0.1) is 0 Å². The van der Waals surface area contributed by atoms with Gasteiger partial charge < -0.3 is 10.0 Å². The molecule has 1 saturated heterocycles. The highest BCUT2D eigenvalue weighted by Crippen LogP contribution is 2.22. The Morgan fingerprint density at radius 1 is 1.50 bits per heavy atom. The van der Waals surface area contributed by atoms with Crippen LogP contribution in [0.2, 0.25) is 5.15 Å². The fourth-order valence-electron chi connectivity index (χ4n) is 2.27. The van der Waals surface area contributed by atoms with Gasteiger partial charge in [-0.1, -0.05) is 11.6 Å². The van der Waals surface area contributed by atoms with Gasteiger partial charge in [0.25, 0.3) is 0 Å². The Morgan fingerprint density at radius 3 is 3.00 bits per heavy atom. The number of amides is 1. The molecule has 0 aromatic carbocycles. The predicted octanol–water partition coefficient (Wildman–Crippen LogP) is 2.05. The smallest absolute Gasteiger partial charge is 0.246 e. The molecule has 2 aromatic heterocycles. The van der Waals surface area contributed by atoms with Crippen molar-refractivity contribution in [3.05, 3.63) is 28.5 Å². The fourth-order valence-corrected chi connectivity index (χ4v) is 3.27. The number of carbonyl (C=O) groups excluding carboxylic acids is 1. The molecule has 2 aromatic rings. The first kappa shape index (κ1) is 13.6. The molecule has 20 heavy (non-hydrogen) atoms. The van der Waals surface area contributed by atoms with Crippen molar-refractivity contribution in [3.8, 4) is 0 Å². The largest absolute Gasteiger partial charge is 0.393 e. The summed E-state index contributed by atoms with van der Waals surface area (Å²) in [6, 6.07) is 0. The van der Waals surface area contributed by atoms with Crippen molar-refractivity contribution in [1.82, 2.24) is 14.3 Å². The van der Waals surface area contributed by atoms with Gasteiger partial charge in [0.05, 0.1) is 11.8 Å². The van der Waals surface area contributed by atoms with E-state index < -0.39 is 0 Å². The van der Waals surface area contributed by atoms with Gasteiger partial charge in [-0.2, -0.15) is 0 Å². The van der Waals surface area contributed by atoms with Crippen LogP contribution in [-0.2, 0) is 4.79 Å². The normalized spacial score (nSPS) is 17.4. The third-order valence-corrected chi connectivity index (χ3v) is 4.45. The molecule has 1 amide bonds. The van der Waals surface area contributed by atoms with Crippen molar-refractivity contribution < 1.29 is 9.90 Å². The maximum atomic E-state index is 12.1. The summed E-state index contributed by atoms with van der Waals surface area (Å²) in [5.41, 5.74) is 0.716. The van der Waals surface area contributed by atoms with Crippen LogP contribution in [0.3, 0.4) is 0 Å². The van der Waals surface area contributed by atoms with Gasteiger partial charge in [0.15, 0.2) is 10.1 Å². The lowest BCUT2D eigenvalue weighted by Crippen LogP contribution is -2.39. The number of aliphatic hydroxyl groups is 1. The van der Waals surface area contributed by atoms with Gasteiger partial charge in [-0.15, -0.1) is 11.3 Å². The van der Waals surface area contributed by atoms with Crippen LogP contribution in [0.1, 0.15) is 18.5 Å². The molecule has 5 nitrogen and oxygen atoms in total. The van der Waals surface area contributed by atoms with Crippen LogP contribution < -0.4 is 0 Å². The van der Waals surface area contributed by atoms with Crippen LogP contribution >= 0.6 is 22.9 Å². The lowest BCUT2D eigenvalue weighted by atomic mass is 10.1. The summed E-state index contributed by atoms with van der Waals surface area (Å²) in [6.45, 7) is 1.19. The van der Waals surface area contributed by atoms with Crippen molar-refractivity contribution in [2.75, 3.05) is 13.1 Å². The molecule has 0 aliphatic carbocycles. The van der Waals surface area contributed by atoms with Crippen molar-refractivity contribution in [1.29, 1.82) is 0 Å². The second-order valence-corrected chi connectivity index (χ2v) is 5.96. The second kappa shape index (κ2) is 5.55. The molecular weight excluding hydrogens is 298 g/mol. The van der Waals surface area contributed by atoms with Crippen LogP contribution in [0.25, 0.3) is 11.0 Å². The van der Waals surface area contributed by atoms with Gasteiger partial charge in [0.1, 0.15) is 0 Å². The highest BCUT2D eigenvalue weighted by molar-refractivity contribution is 7.15. The minimum atomic E-state index is -0.280. The third-order valence-electron chi connectivity index (χ3n) is 3.41. The number of aliphatic hydroxyl groups excluding tert-OH is 1. The van der Waals surface area contributed by atoms with E-state index in [1.54, 1.807) is 11.0 Å². The maximum Gasteiger partial charge on any atom is 0.246 e. The molecule has 0 bridgehead atoms. The monoisotopic (exact) mass is 311 g/mol. The first-order valence-corrected chi connectivity index (χ1v) is 7.67. The molecule has 7 heteroatoms. The summed E-state index contributed by atoms with van der Waals surface area (Å²) < 4.78 is 1.86. The first-order chi connectivity index (χ1) is 9.65. The van der Waals surface area contributed by atoms with Gasteiger partial charge in [-0.25, -0.2) is 4.98 Å². The number of imidazole rings is 1. The number of rotatable bonds is 2. The number of likely N-dealkylation sites (tertiary alicyclic amines) is 1. The van der Waals surface area contributed by atoms with E-state index in [1.165, 1.54) is 17.4 Å². The van der Waals surface area contributed by atoms with E-state index in [9.17, 15) is 9.90 Å². The van der Waals surface area contributed by atoms with Gasteiger partial charge in [-0.05, 0) is 18.9 Å². The van der Waals surface area contributed by atoms with E-state index >= 15 is 0 Å². The quantitative estimate of drug-likeness (QED) is 0.864. The molecule has 0 saturated carbocycles. The summed E-state index contributed by atoms with van der Waals surface area (Å²) in [6.07, 6.45) is 6.09. The number of aromatic nitrogens is 2. The van der Waals surface area contributed by atoms with E-state index in [0.29, 0.717) is 36.8 Å². The number of hydrogen-bond acceptors (Lipinski definition) is 4. The topological polar surface area (TPSA) is 57.8 Å². The lowest BCUT2D eigenvalue weighted by Gasteiger charge is -2.28. The molecule has 1 N–H and O–H groups in total. The Hall–Kier alpha value is -1.37. The second-order valence-electron chi connectivity index (χ2n) is 4.73. The molecule has 3 rings (SSSR count). The Bertz CT molecular complexity index is 656. The number of fused-ring (bicyclic) bond motifs is 1. The minimum absolute atomic E-state index is 0.0573. The molecule has 1 aliphatic heterocycles. The first-order valence-electron chi connectivity index (χ1n) is 6.41. The zero-order chi connectivity index (χ0) is 14.1. The van der Waals surface area contributed by atoms with Gasteiger partial charge in [0, 0.05) is 30.7 Å². The standard InChI is InChI=1S/C13H14ClN3O2S/c14-12-10(17-7-8-20-13(17)15-12)1-2-11(19)16-5-3-9(18)4-6-16/h1-2,7-9,18H,3-6H2/b2-1+. The molecule has 0 atom stereocenters. The third kappa shape index (κ3) is 2.59. The summed E-state index contributed by atoms with van der Waals surface area (Å²) in [5.74, 6) is -0.0573. The molecular formula is C13H14ClN3O2S. The van der Waals surface area contributed by atoms with Crippen molar-refractivity contribution in [2.24, 2.45) is 0 Å². The Balaban J connectivity index is 1.75. The Labute approximate surface area is 125 Å². The Morgan fingerprint density at radius 2 is 2.25 bits per heavy atom. The number of nitrogens with zero attached hydrogens (tertiary/aromatic N) is 3. The summed E-state index contributed by atoms with van der Waals surface area (Å²) in [7, 11) is 0. The number of carbonyl (C=O) groups is 1. The van der Waals surface area contributed by atoms with E-state index in [-0.39, 0.29) is 12.0 Å². The maximum absolute atomic E-state index is 12.1. The molecule has 106 valence electrons. The van der Waals surface area contributed by atoms with Gasteiger partial charge >= 0.3 is 0 Å². The van der Waals surface area contributed by atoms with Crippen molar-refractivity contribution >= 4 is 39.9 Å². The number of halogens is 1. The number of piperidine rings is 1. The SMILES string of the molecule is O=C(/C=C/c1c(Cl)nc2sccn12)N1CCC(O)CC1. The average Bonchev–Trinajstić information content (AvgIpc) is 2.98. The van der Waals surface area contributed by atoms with Crippen molar-refractivity contribution in [2.45, 2.75) is 18.9 Å². The number of hydrogen-bond donors (Lipinski definition) is 1. The van der Waals surface area contributed by atoms with Crippen LogP contribution in [0.5, 0.6) is 0 Å². The van der Waals surface area contributed by atoms with Crippen molar-refractivity contribution in [3.63, 3.8) is 0 Å². The predicted molar refractivity (Wildman–Crippen MR) is 78.9 cm³/mol. The van der Waals surface area contributed by atoms with Crippen LogP contribution in [-0.4, -0.2) is 44.5 Å². The zero-order valence-corrected chi connectivity index (χ0v) is 12.3. The van der Waals surface area contributed by atoms with Crippen LogP contribution in [0.4, 0.5) is 0 Å². The summed E-state index contributed by atoms with van der Waals surface area (Å²) >= 11 is 7.56. The van der Waals surface area contributed by atoms with Gasteiger partial charge in [0.2, 0.25) is 5.91 Å². The summed E-state index contributed by atoms with van der Waals surface area (Å²) in [5, 5.41) is 11.8. The Kier molecular flexibility index (Phi) is 3.78. The molecule has 0 unspecified atom stereocenters.